The number of benzene rings is 1. The zero-order valence-corrected chi connectivity index (χ0v) is 11.3. The van der Waals surface area contributed by atoms with Crippen LogP contribution in [-0.4, -0.2) is 11.2 Å². The van der Waals surface area contributed by atoms with Gasteiger partial charge in [-0.15, -0.1) is 0 Å². The van der Waals surface area contributed by atoms with Crippen LogP contribution in [0.5, 0.6) is 0 Å². The zero-order chi connectivity index (χ0) is 13.7. The second-order valence-corrected chi connectivity index (χ2v) is 4.75. The molecule has 1 aromatic heterocycles. The van der Waals surface area contributed by atoms with E-state index in [0.717, 1.165) is 29.9 Å². The van der Waals surface area contributed by atoms with Gasteiger partial charge in [-0.1, -0.05) is 24.2 Å². The summed E-state index contributed by atoms with van der Waals surface area (Å²) in [5, 5.41) is 7.32. The number of halogens is 1. The van der Waals surface area contributed by atoms with E-state index >= 15 is 0 Å². The quantitative estimate of drug-likeness (QED) is 0.869. The molecule has 0 radical (unpaired) electrons. The lowest BCUT2D eigenvalue weighted by Crippen LogP contribution is -2.27. The molecule has 0 aliphatic carbocycles. The third kappa shape index (κ3) is 4.17. The molecule has 0 bridgehead atoms. The zero-order valence-electron chi connectivity index (χ0n) is 11.3. The summed E-state index contributed by atoms with van der Waals surface area (Å²) < 4.78 is 18.0. The highest BCUT2D eigenvalue weighted by Gasteiger charge is 2.06. The first-order valence-corrected chi connectivity index (χ1v) is 6.59. The molecular weight excluding hydrogens is 243 g/mol. The van der Waals surface area contributed by atoms with Crippen molar-refractivity contribution in [2.24, 2.45) is 0 Å². The van der Waals surface area contributed by atoms with Gasteiger partial charge in [0.1, 0.15) is 5.82 Å². The molecule has 0 aliphatic rings. The van der Waals surface area contributed by atoms with Crippen LogP contribution in [0.4, 0.5) is 4.39 Å². The molecule has 1 N–H and O–H groups in total. The Morgan fingerprint density at radius 2 is 2.05 bits per heavy atom. The van der Waals surface area contributed by atoms with Gasteiger partial charge in [0.15, 0.2) is 5.76 Å². The fourth-order valence-electron chi connectivity index (χ4n) is 1.93. The van der Waals surface area contributed by atoms with Gasteiger partial charge in [0.25, 0.3) is 0 Å². The predicted molar refractivity (Wildman–Crippen MR) is 72.3 cm³/mol. The summed E-state index contributed by atoms with van der Waals surface area (Å²) in [5.41, 5.74) is 2.09. The number of rotatable bonds is 6. The molecule has 2 rings (SSSR count). The van der Waals surface area contributed by atoms with Crippen LogP contribution in [0.15, 0.2) is 34.9 Å². The van der Waals surface area contributed by atoms with E-state index in [2.05, 4.69) is 17.4 Å². The molecule has 2 aromatic rings. The number of aromatic nitrogens is 1. The summed E-state index contributed by atoms with van der Waals surface area (Å²) in [6.07, 6.45) is 1.74. The van der Waals surface area contributed by atoms with Gasteiger partial charge in [-0.25, -0.2) is 4.39 Å². The van der Waals surface area contributed by atoms with Crippen molar-refractivity contribution >= 4 is 0 Å². The first-order chi connectivity index (χ1) is 9.17. The fourth-order valence-corrected chi connectivity index (χ4v) is 1.93. The molecule has 0 spiro atoms. The van der Waals surface area contributed by atoms with Crippen LogP contribution in [0.1, 0.15) is 30.9 Å². The van der Waals surface area contributed by atoms with E-state index in [1.54, 1.807) is 0 Å². The standard InChI is InChI=1S/C15H19FN2O/c1-3-14-9-15(19-18-14)10-17-11(2)8-12-4-6-13(16)7-5-12/h4-7,9,11,17H,3,8,10H2,1-2H3. The third-order valence-electron chi connectivity index (χ3n) is 3.05. The Bertz CT molecular complexity index is 507. The van der Waals surface area contributed by atoms with Crippen LogP contribution in [0.3, 0.4) is 0 Å². The van der Waals surface area contributed by atoms with Crippen molar-refractivity contribution in [3.63, 3.8) is 0 Å². The van der Waals surface area contributed by atoms with Crippen molar-refractivity contribution in [2.45, 2.75) is 39.3 Å². The molecule has 0 amide bonds. The lowest BCUT2D eigenvalue weighted by Gasteiger charge is -2.12. The first-order valence-electron chi connectivity index (χ1n) is 6.59. The fraction of sp³-hybridized carbons (Fsp3) is 0.400. The average Bonchev–Trinajstić information content (AvgIpc) is 2.87. The molecule has 19 heavy (non-hydrogen) atoms. The third-order valence-corrected chi connectivity index (χ3v) is 3.05. The Morgan fingerprint density at radius 1 is 1.32 bits per heavy atom. The Balaban J connectivity index is 1.81. The van der Waals surface area contributed by atoms with Crippen molar-refractivity contribution in [2.75, 3.05) is 0 Å². The van der Waals surface area contributed by atoms with Gasteiger partial charge in [0.05, 0.1) is 12.2 Å². The summed E-state index contributed by atoms with van der Waals surface area (Å²) >= 11 is 0. The van der Waals surface area contributed by atoms with E-state index in [9.17, 15) is 4.39 Å². The van der Waals surface area contributed by atoms with Crippen molar-refractivity contribution in [1.29, 1.82) is 0 Å². The lowest BCUT2D eigenvalue weighted by atomic mass is 10.1. The van der Waals surface area contributed by atoms with Crippen LogP contribution in [0.25, 0.3) is 0 Å². The van der Waals surface area contributed by atoms with Crippen molar-refractivity contribution in [1.82, 2.24) is 10.5 Å². The van der Waals surface area contributed by atoms with E-state index < -0.39 is 0 Å². The van der Waals surface area contributed by atoms with Gasteiger partial charge >= 0.3 is 0 Å². The number of nitrogens with zero attached hydrogens (tertiary/aromatic N) is 1. The minimum atomic E-state index is -0.196. The molecule has 102 valence electrons. The minimum Gasteiger partial charge on any atom is -0.360 e. The Labute approximate surface area is 112 Å². The summed E-state index contributed by atoms with van der Waals surface area (Å²) in [4.78, 5) is 0. The number of nitrogens with one attached hydrogen (secondary N) is 1. The first kappa shape index (κ1) is 13.7. The van der Waals surface area contributed by atoms with Crippen molar-refractivity contribution in [3.8, 4) is 0 Å². The van der Waals surface area contributed by atoms with Gasteiger partial charge in [-0.2, -0.15) is 0 Å². The molecule has 3 nitrogen and oxygen atoms in total. The smallest absolute Gasteiger partial charge is 0.150 e. The molecule has 0 saturated carbocycles. The summed E-state index contributed by atoms with van der Waals surface area (Å²) in [6, 6.07) is 8.88. The van der Waals surface area contributed by atoms with Crippen molar-refractivity contribution in [3.05, 3.63) is 53.2 Å². The molecule has 4 heteroatoms. The maximum absolute atomic E-state index is 12.8. The van der Waals surface area contributed by atoms with E-state index in [4.69, 9.17) is 4.52 Å². The van der Waals surface area contributed by atoms with Gasteiger partial charge in [0, 0.05) is 12.1 Å². The molecule has 1 aromatic carbocycles. The largest absolute Gasteiger partial charge is 0.360 e. The molecule has 1 atom stereocenters. The van der Waals surface area contributed by atoms with E-state index in [-0.39, 0.29) is 5.82 Å². The molecule has 1 heterocycles. The maximum atomic E-state index is 12.8. The number of hydrogen-bond donors (Lipinski definition) is 1. The molecular formula is C15H19FN2O. The van der Waals surface area contributed by atoms with Gasteiger partial charge in [0.2, 0.25) is 0 Å². The average molecular weight is 262 g/mol. The van der Waals surface area contributed by atoms with Crippen LogP contribution in [0.2, 0.25) is 0 Å². The monoisotopic (exact) mass is 262 g/mol. The van der Waals surface area contributed by atoms with Crippen LogP contribution in [-0.2, 0) is 19.4 Å². The number of aryl methyl sites for hydroxylation is 1. The van der Waals surface area contributed by atoms with Crippen LogP contribution >= 0.6 is 0 Å². The SMILES string of the molecule is CCc1cc(CNC(C)Cc2ccc(F)cc2)on1. The topological polar surface area (TPSA) is 38.1 Å². The second kappa shape index (κ2) is 6.48. The van der Waals surface area contributed by atoms with E-state index in [0.29, 0.717) is 12.6 Å². The van der Waals surface area contributed by atoms with Gasteiger partial charge in [-0.3, -0.25) is 0 Å². The highest BCUT2D eigenvalue weighted by atomic mass is 19.1. The molecule has 0 aliphatic heterocycles. The van der Waals surface area contributed by atoms with Crippen LogP contribution in [0, 0.1) is 5.82 Å². The summed E-state index contributed by atoms with van der Waals surface area (Å²) in [5.74, 6) is 0.654. The highest BCUT2D eigenvalue weighted by molar-refractivity contribution is 5.17. The number of hydrogen-bond acceptors (Lipinski definition) is 3. The maximum Gasteiger partial charge on any atom is 0.150 e. The summed E-state index contributed by atoms with van der Waals surface area (Å²) in [7, 11) is 0. The minimum absolute atomic E-state index is 0.196. The van der Waals surface area contributed by atoms with Crippen molar-refractivity contribution < 1.29 is 8.91 Å². The Kier molecular flexibility index (Phi) is 4.68. The molecule has 0 saturated heterocycles. The molecule has 0 fully saturated rings. The van der Waals surface area contributed by atoms with Gasteiger partial charge in [-0.05, 0) is 37.5 Å². The van der Waals surface area contributed by atoms with Gasteiger partial charge < -0.3 is 9.84 Å². The van der Waals surface area contributed by atoms with E-state index in [1.807, 2.05) is 25.1 Å². The Hall–Kier alpha value is -1.68. The lowest BCUT2D eigenvalue weighted by molar-refractivity contribution is 0.360. The Morgan fingerprint density at radius 3 is 2.68 bits per heavy atom. The summed E-state index contributed by atoms with van der Waals surface area (Å²) in [6.45, 7) is 4.81. The van der Waals surface area contributed by atoms with Crippen LogP contribution < -0.4 is 5.32 Å². The molecule has 1 unspecified atom stereocenters. The highest BCUT2D eigenvalue weighted by Crippen LogP contribution is 2.07. The predicted octanol–water partition coefficient (Wildman–Crippen LogP) is 3.10. The normalized spacial score (nSPS) is 12.6. The second-order valence-electron chi connectivity index (χ2n) is 4.75. The van der Waals surface area contributed by atoms with E-state index in [1.165, 1.54) is 12.1 Å².